The molecule has 0 saturated heterocycles. The van der Waals surface area contributed by atoms with E-state index in [1.807, 2.05) is 30.3 Å². The number of amides is 2. The number of hydrogen-bond acceptors (Lipinski definition) is 3. The molecule has 1 aliphatic rings. The van der Waals surface area contributed by atoms with Crippen molar-refractivity contribution < 1.29 is 9.59 Å². The number of anilines is 1. The second-order valence-corrected chi connectivity index (χ2v) is 9.22. The molecule has 0 unspecified atom stereocenters. The minimum Gasteiger partial charge on any atom is -0.365 e. The average Bonchev–Trinajstić information content (AvgIpc) is 2.97. The molecule has 2 amide bonds. The first-order valence-corrected chi connectivity index (χ1v) is 10.1. The van der Waals surface area contributed by atoms with Crippen LogP contribution in [0.4, 0.5) is 5.00 Å². The fourth-order valence-corrected chi connectivity index (χ4v) is 4.90. The zero-order chi connectivity index (χ0) is 19.6. The van der Waals surface area contributed by atoms with E-state index in [0.717, 1.165) is 30.4 Å². The SMILES string of the molecule is CC(C)(C)[C@H]1CCc2c(sc(NC(=O)/C=C\c3ccccc3)c2C(N)=O)C1. The number of carbonyl (C=O) groups excluding carboxylic acids is 2. The van der Waals surface area contributed by atoms with Gasteiger partial charge in [0.2, 0.25) is 5.91 Å². The largest absolute Gasteiger partial charge is 0.365 e. The number of thiophene rings is 1. The van der Waals surface area contributed by atoms with Gasteiger partial charge >= 0.3 is 0 Å². The zero-order valence-corrected chi connectivity index (χ0v) is 16.9. The monoisotopic (exact) mass is 382 g/mol. The normalized spacial score (nSPS) is 16.9. The molecule has 1 aromatic carbocycles. The van der Waals surface area contributed by atoms with E-state index >= 15 is 0 Å². The highest BCUT2D eigenvalue weighted by molar-refractivity contribution is 7.17. The Balaban J connectivity index is 1.82. The quantitative estimate of drug-likeness (QED) is 0.756. The van der Waals surface area contributed by atoms with Gasteiger partial charge < -0.3 is 11.1 Å². The molecule has 0 saturated carbocycles. The Hall–Kier alpha value is -2.40. The molecule has 2 aromatic rings. The Morgan fingerprint density at radius 2 is 1.93 bits per heavy atom. The lowest BCUT2D eigenvalue weighted by molar-refractivity contribution is -0.111. The summed E-state index contributed by atoms with van der Waals surface area (Å²) in [5.41, 5.74) is 8.32. The predicted molar refractivity (Wildman–Crippen MR) is 112 cm³/mol. The van der Waals surface area contributed by atoms with Crippen LogP contribution in [0.25, 0.3) is 6.08 Å². The second kappa shape index (κ2) is 7.69. The smallest absolute Gasteiger partial charge is 0.251 e. The van der Waals surface area contributed by atoms with Crippen LogP contribution in [0.2, 0.25) is 0 Å². The van der Waals surface area contributed by atoms with Crippen LogP contribution in [-0.4, -0.2) is 11.8 Å². The second-order valence-electron chi connectivity index (χ2n) is 8.11. The number of fused-ring (bicyclic) bond motifs is 1. The molecular formula is C22H26N2O2S. The van der Waals surface area contributed by atoms with E-state index in [1.54, 1.807) is 6.08 Å². The van der Waals surface area contributed by atoms with Crippen molar-refractivity contribution in [3.8, 4) is 0 Å². The van der Waals surface area contributed by atoms with Crippen molar-refractivity contribution in [2.75, 3.05) is 5.32 Å². The maximum Gasteiger partial charge on any atom is 0.251 e. The minimum absolute atomic E-state index is 0.219. The summed E-state index contributed by atoms with van der Waals surface area (Å²) in [6.45, 7) is 6.76. The molecule has 0 fully saturated rings. The van der Waals surface area contributed by atoms with E-state index in [1.165, 1.54) is 22.3 Å². The van der Waals surface area contributed by atoms with Crippen molar-refractivity contribution in [2.45, 2.75) is 40.0 Å². The Morgan fingerprint density at radius 1 is 1.22 bits per heavy atom. The van der Waals surface area contributed by atoms with Crippen molar-refractivity contribution >= 4 is 34.2 Å². The van der Waals surface area contributed by atoms with Crippen LogP contribution in [0.1, 0.15) is 53.6 Å². The van der Waals surface area contributed by atoms with E-state index in [9.17, 15) is 9.59 Å². The predicted octanol–water partition coefficient (Wildman–Crippen LogP) is 4.65. The lowest BCUT2D eigenvalue weighted by Crippen LogP contribution is -2.27. The van der Waals surface area contributed by atoms with Gasteiger partial charge in [-0.2, -0.15) is 0 Å². The molecule has 1 aliphatic carbocycles. The molecule has 27 heavy (non-hydrogen) atoms. The summed E-state index contributed by atoms with van der Waals surface area (Å²) in [4.78, 5) is 25.6. The van der Waals surface area contributed by atoms with Crippen LogP contribution in [0, 0.1) is 11.3 Å². The third-order valence-corrected chi connectivity index (χ3v) is 6.37. The molecule has 0 aliphatic heterocycles. The van der Waals surface area contributed by atoms with Crippen molar-refractivity contribution in [2.24, 2.45) is 17.1 Å². The third kappa shape index (κ3) is 4.48. The molecule has 1 aromatic heterocycles. The third-order valence-electron chi connectivity index (χ3n) is 5.20. The number of primary amides is 1. The molecule has 5 heteroatoms. The van der Waals surface area contributed by atoms with Crippen LogP contribution < -0.4 is 11.1 Å². The van der Waals surface area contributed by atoms with Gasteiger partial charge in [0.15, 0.2) is 0 Å². The topological polar surface area (TPSA) is 72.2 Å². The number of nitrogens with two attached hydrogens (primary N) is 1. The van der Waals surface area contributed by atoms with Crippen LogP contribution in [0.15, 0.2) is 36.4 Å². The van der Waals surface area contributed by atoms with Gasteiger partial charge in [0, 0.05) is 11.0 Å². The molecule has 3 rings (SSSR count). The molecular weight excluding hydrogens is 356 g/mol. The van der Waals surface area contributed by atoms with E-state index in [0.29, 0.717) is 16.5 Å². The number of carbonyl (C=O) groups is 2. The maximum atomic E-state index is 12.4. The molecule has 4 nitrogen and oxygen atoms in total. The summed E-state index contributed by atoms with van der Waals surface area (Å²) < 4.78 is 0. The van der Waals surface area contributed by atoms with Gasteiger partial charge in [0.1, 0.15) is 5.00 Å². The van der Waals surface area contributed by atoms with Gasteiger partial charge in [-0.05, 0) is 47.8 Å². The first kappa shape index (κ1) is 19.4. The summed E-state index contributed by atoms with van der Waals surface area (Å²) >= 11 is 1.49. The summed E-state index contributed by atoms with van der Waals surface area (Å²) in [7, 11) is 0. The van der Waals surface area contributed by atoms with Gasteiger partial charge in [0.05, 0.1) is 5.56 Å². The van der Waals surface area contributed by atoms with Crippen LogP contribution >= 0.6 is 11.3 Å². The Bertz CT molecular complexity index is 876. The van der Waals surface area contributed by atoms with Gasteiger partial charge in [0.25, 0.3) is 5.91 Å². The van der Waals surface area contributed by atoms with Crippen LogP contribution in [0.5, 0.6) is 0 Å². The first-order chi connectivity index (χ1) is 12.8. The molecule has 1 heterocycles. The highest BCUT2D eigenvalue weighted by Crippen LogP contribution is 2.44. The lowest BCUT2D eigenvalue weighted by atomic mass is 9.72. The Morgan fingerprint density at radius 3 is 2.56 bits per heavy atom. The highest BCUT2D eigenvalue weighted by atomic mass is 32.1. The van der Waals surface area contributed by atoms with Gasteiger partial charge in [-0.3, -0.25) is 9.59 Å². The zero-order valence-electron chi connectivity index (χ0n) is 16.0. The van der Waals surface area contributed by atoms with Gasteiger partial charge in [-0.1, -0.05) is 51.1 Å². The summed E-state index contributed by atoms with van der Waals surface area (Å²) in [6.07, 6.45) is 6.04. The van der Waals surface area contributed by atoms with Gasteiger partial charge in [-0.25, -0.2) is 0 Å². The van der Waals surface area contributed by atoms with Crippen molar-refractivity contribution in [1.82, 2.24) is 0 Å². The molecule has 3 N–H and O–H groups in total. The number of rotatable bonds is 4. The first-order valence-electron chi connectivity index (χ1n) is 9.24. The van der Waals surface area contributed by atoms with Crippen LogP contribution in [0.3, 0.4) is 0 Å². The fraction of sp³-hybridized carbons (Fsp3) is 0.364. The van der Waals surface area contributed by atoms with Gasteiger partial charge in [-0.15, -0.1) is 11.3 Å². The Labute approximate surface area is 164 Å². The highest BCUT2D eigenvalue weighted by Gasteiger charge is 2.33. The lowest BCUT2D eigenvalue weighted by Gasteiger charge is -2.33. The van der Waals surface area contributed by atoms with Crippen molar-refractivity contribution in [1.29, 1.82) is 0 Å². The van der Waals surface area contributed by atoms with Crippen molar-refractivity contribution in [3.05, 3.63) is 58.0 Å². The number of benzene rings is 1. The standard InChI is InChI=1S/C22H26N2O2S/c1-22(2,3)15-10-11-16-17(13-15)27-21(19(16)20(23)26)24-18(25)12-9-14-7-5-4-6-8-14/h4-9,12,15H,10-11,13H2,1-3H3,(H2,23,26)(H,24,25)/b12-9-/t15-/m0/s1. The maximum absolute atomic E-state index is 12.4. The van der Waals surface area contributed by atoms with Crippen molar-refractivity contribution in [3.63, 3.8) is 0 Å². The number of nitrogens with one attached hydrogen (secondary N) is 1. The summed E-state index contributed by atoms with van der Waals surface area (Å²) in [5, 5.41) is 3.44. The molecule has 0 spiro atoms. The van der Waals surface area contributed by atoms with Crippen LogP contribution in [-0.2, 0) is 17.6 Å². The molecule has 0 radical (unpaired) electrons. The van der Waals surface area contributed by atoms with E-state index in [4.69, 9.17) is 5.73 Å². The molecule has 142 valence electrons. The summed E-state index contributed by atoms with van der Waals surface area (Å²) in [5.74, 6) is -0.165. The average molecular weight is 383 g/mol. The Kier molecular flexibility index (Phi) is 5.51. The molecule has 1 atom stereocenters. The van der Waals surface area contributed by atoms with E-state index < -0.39 is 5.91 Å². The molecule has 0 bridgehead atoms. The summed E-state index contributed by atoms with van der Waals surface area (Å²) in [6, 6.07) is 9.62. The number of hydrogen-bond donors (Lipinski definition) is 2. The fourth-order valence-electron chi connectivity index (χ4n) is 3.56. The van der Waals surface area contributed by atoms with E-state index in [-0.39, 0.29) is 11.3 Å². The minimum atomic E-state index is -0.468. The van der Waals surface area contributed by atoms with E-state index in [2.05, 4.69) is 26.1 Å².